The molecule has 2 aromatic rings. The van der Waals surface area contributed by atoms with Crippen LogP contribution in [0.2, 0.25) is 0 Å². The number of alkyl halides is 3. The van der Waals surface area contributed by atoms with Crippen LogP contribution in [0, 0.1) is 5.41 Å². The number of piperidine rings is 2. The van der Waals surface area contributed by atoms with Crippen LogP contribution in [0.1, 0.15) is 36.3 Å². The Kier molecular flexibility index (Phi) is 6.79. The molecule has 2 heterocycles. The fourth-order valence-electron chi connectivity index (χ4n) is 5.43. The van der Waals surface area contributed by atoms with E-state index in [1.165, 1.54) is 23.1 Å². The first-order chi connectivity index (χ1) is 16.1. The van der Waals surface area contributed by atoms with Crippen LogP contribution in [0.15, 0.2) is 59.1 Å². The van der Waals surface area contributed by atoms with E-state index in [1.54, 1.807) is 6.07 Å². The van der Waals surface area contributed by atoms with Gasteiger partial charge in [0.2, 0.25) is 5.91 Å². The summed E-state index contributed by atoms with van der Waals surface area (Å²) in [6.07, 6.45) is -3.81. The van der Waals surface area contributed by atoms with Crippen molar-refractivity contribution in [2.24, 2.45) is 5.41 Å². The highest BCUT2D eigenvalue weighted by atomic mass is 79.9. The molecule has 2 aliphatic rings. The van der Waals surface area contributed by atoms with Crippen LogP contribution in [-0.4, -0.2) is 49.6 Å². The zero-order valence-corrected chi connectivity index (χ0v) is 20.3. The molecule has 34 heavy (non-hydrogen) atoms. The van der Waals surface area contributed by atoms with Gasteiger partial charge in [-0.15, -0.1) is 0 Å². The quantitative estimate of drug-likeness (QED) is 0.610. The smallest absolute Gasteiger partial charge is 0.356 e. The monoisotopic (exact) mass is 538 g/mol. The predicted molar refractivity (Wildman–Crippen MR) is 124 cm³/mol. The Morgan fingerprint density at radius 3 is 2.38 bits per heavy atom. The normalized spacial score (nSPS) is 22.2. The summed E-state index contributed by atoms with van der Waals surface area (Å²) in [6.45, 7) is 0.703. The predicted octanol–water partition coefficient (Wildman–Crippen LogP) is 4.77. The topological polar surface area (TPSA) is 58.6 Å². The first-order valence-corrected chi connectivity index (χ1v) is 11.9. The summed E-state index contributed by atoms with van der Waals surface area (Å²) in [5.74, 6) is -1.17. The van der Waals surface area contributed by atoms with Gasteiger partial charge in [0.1, 0.15) is 0 Å². The minimum Gasteiger partial charge on any atom is -0.356 e. The molecule has 0 saturated carbocycles. The SMILES string of the molecule is CO[C@@](C(=O)N1CCC2(CC1)CC(=O)NC[C@H]2c1ccccc1)(c1cccc(Br)c1)C(F)(F)F. The molecule has 2 saturated heterocycles. The molecule has 0 aromatic heterocycles. The zero-order chi connectivity index (χ0) is 24.6. The van der Waals surface area contributed by atoms with Gasteiger partial charge in [0.25, 0.3) is 11.5 Å². The van der Waals surface area contributed by atoms with Gasteiger partial charge in [-0.3, -0.25) is 9.59 Å². The van der Waals surface area contributed by atoms with Crippen molar-refractivity contribution in [3.8, 4) is 0 Å². The number of benzene rings is 2. The van der Waals surface area contributed by atoms with Crippen molar-refractivity contribution < 1.29 is 27.5 Å². The molecule has 9 heteroatoms. The fraction of sp³-hybridized carbons (Fsp3) is 0.440. The Balaban J connectivity index is 1.63. The Morgan fingerprint density at radius 1 is 1.12 bits per heavy atom. The molecule has 0 radical (unpaired) electrons. The molecule has 5 nitrogen and oxygen atoms in total. The summed E-state index contributed by atoms with van der Waals surface area (Å²) in [5.41, 5.74) is -2.71. The van der Waals surface area contributed by atoms with Crippen LogP contribution < -0.4 is 5.32 Å². The van der Waals surface area contributed by atoms with Crippen LogP contribution >= 0.6 is 15.9 Å². The Bertz CT molecular complexity index is 1050. The second kappa shape index (κ2) is 9.34. The van der Waals surface area contributed by atoms with Crippen molar-refractivity contribution in [3.63, 3.8) is 0 Å². The number of likely N-dealkylation sites (tertiary alicyclic amines) is 1. The molecule has 0 bridgehead atoms. The summed E-state index contributed by atoms with van der Waals surface area (Å²) in [5, 5.41) is 2.92. The molecular formula is C25H26BrF3N2O3. The van der Waals surface area contributed by atoms with Gasteiger partial charge in [-0.2, -0.15) is 13.2 Å². The summed E-state index contributed by atoms with van der Waals surface area (Å²) >= 11 is 3.19. The number of rotatable bonds is 4. The molecule has 1 spiro atoms. The van der Waals surface area contributed by atoms with Gasteiger partial charge >= 0.3 is 6.18 Å². The van der Waals surface area contributed by atoms with Gasteiger partial charge in [0.05, 0.1) is 0 Å². The van der Waals surface area contributed by atoms with Gasteiger partial charge in [0.15, 0.2) is 0 Å². The lowest BCUT2D eigenvalue weighted by Gasteiger charge is -2.50. The van der Waals surface area contributed by atoms with Crippen molar-refractivity contribution in [3.05, 3.63) is 70.2 Å². The van der Waals surface area contributed by atoms with Gasteiger partial charge < -0.3 is 15.0 Å². The van der Waals surface area contributed by atoms with Crippen LogP contribution in [0.3, 0.4) is 0 Å². The fourth-order valence-corrected chi connectivity index (χ4v) is 5.83. The van der Waals surface area contributed by atoms with Crippen molar-refractivity contribution in [2.45, 2.75) is 37.0 Å². The largest absolute Gasteiger partial charge is 0.430 e. The highest BCUT2D eigenvalue weighted by Crippen LogP contribution is 2.50. The van der Waals surface area contributed by atoms with Crippen LogP contribution in [0.25, 0.3) is 0 Å². The second-order valence-electron chi connectivity index (χ2n) is 8.99. The Morgan fingerprint density at radius 2 is 1.79 bits per heavy atom. The Labute approximate surface area is 204 Å². The van der Waals surface area contributed by atoms with E-state index in [1.807, 2.05) is 30.3 Å². The maximum Gasteiger partial charge on any atom is 0.430 e. The highest BCUT2D eigenvalue weighted by Gasteiger charge is 2.64. The molecule has 2 atom stereocenters. The number of hydrogen-bond acceptors (Lipinski definition) is 3. The van der Waals surface area contributed by atoms with Gasteiger partial charge in [-0.1, -0.05) is 58.4 Å². The molecule has 2 fully saturated rings. The lowest BCUT2D eigenvalue weighted by Crippen LogP contribution is -2.60. The molecular weight excluding hydrogens is 513 g/mol. The van der Waals surface area contributed by atoms with Crippen LogP contribution in [0.4, 0.5) is 13.2 Å². The van der Waals surface area contributed by atoms with E-state index in [2.05, 4.69) is 21.2 Å². The van der Waals surface area contributed by atoms with E-state index in [4.69, 9.17) is 4.74 Å². The molecule has 4 rings (SSSR count). The number of methoxy groups -OCH3 is 1. The third-order valence-electron chi connectivity index (χ3n) is 7.24. The van der Waals surface area contributed by atoms with E-state index in [9.17, 15) is 22.8 Å². The van der Waals surface area contributed by atoms with E-state index in [0.717, 1.165) is 12.7 Å². The molecule has 182 valence electrons. The zero-order valence-electron chi connectivity index (χ0n) is 18.7. The van der Waals surface area contributed by atoms with Gasteiger partial charge in [-0.25, -0.2) is 0 Å². The van der Waals surface area contributed by atoms with Gasteiger partial charge in [-0.05, 0) is 36.0 Å². The van der Waals surface area contributed by atoms with Crippen molar-refractivity contribution >= 4 is 27.7 Å². The number of halogens is 4. The summed E-state index contributed by atoms with van der Waals surface area (Å²) < 4.78 is 48.7. The maximum absolute atomic E-state index is 14.4. The standard InChI is InChI=1S/C25H26BrF3N2O3/c1-34-24(25(27,28)29,18-8-5-9-19(26)14-18)22(33)31-12-10-23(11-13-31)15-21(32)30-16-20(23)17-6-3-2-4-7-17/h2-9,14,20H,10-13,15-16H2,1H3,(H,30,32)/t20-,24+/m0/s1. The average molecular weight is 539 g/mol. The van der Waals surface area contributed by atoms with E-state index in [-0.39, 0.29) is 36.9 Å². The maximum atomic E-state index is 14.4. The van der Waals surface area contributed by atoms with E-state index < -0.39 is 23.1 Å². The van der Waals surface area contributed by atoms with Crippen molar-refractivity contribution in [1.82, 2.24) is 10.2 Å². The minimum absolute atomic E-state index is 0.0310. The first kappa shape index (κ1) is 24.7. The molecule has 2 amide bonds. The second-order valence-corrected chi connectivity index (χ2v) is 9.91. The average Bonchev–Trinajstić information content (AvgIpc) is 2.80. The van der Waals surface area contributed by atoms with Crippen molar-refractivity contribution in [2.75, 3.05) is 26.7 Å². The van der Waals surface area contributed by atoms with E-state index >= 15 is 0 Å². The first-order valence-electron chi connectivity index (χ1n) is 11.1. The number of carbonyl (C=O) groups is 2. The third-order valence-corrected chi connectivity index (χ3v) is 7.73. The molecule has 1 N–H and O–H groups in total. The van der Waals surface area contributed by atoms with Gasteiger partial charge in [0, 0.05) is 49.1 Å². The van der Waals surface area contributed by atoms with Crippen LogP contribution in [-0.2, 0) is 19.9 Å². The molecule has 2 aliphatic heterocycles. The number of amides is 2. The summed E-state index contributed by atoms with van der Waals surface area (Å²) in [4.78, 5) is 27.0. The van der Waals surface area contributed by atoms with Crippen LogP contribution in [0.5, 0.6) is 0 Å². The lowest BCUT2D eigenvalue weighted by atomic mass is 9.62. The minimum atomic E-state index is -4.97. The summed E-state index contributed by atoms with van der Waals surface area (Å²) in [7, 11) is 0.911. The number of nitrogens with zero attached hydrogens (tertiary/aromatic N) is 1. The lowest BCUT2D eigenvalue weighted by molar-refractivity contribution is -0.271. The third kappa shape index (κ3) is 4.24. The molecule has 0 unspecified atom stereocenters. The number of hydrogen-bond donors (Lipinski definition) is 1. The van der Waals surface area contributed by atoms with Crippen molar-refractivity contribution in [1.29, 1.82) is 0 Å². The Hall–Kier alpha value is -2.39. The van der Waals surface area contributed by atoms with E-state index in [0.29, 0.717) is 23.9 Å². The molecule has 0 aliphatic carbocycles. The number of carbonyl (C=O) groups excluding carboxylic acids is 2. The highest BCUT2D eigenvalue weighted by molar-refractivity contribution is 9.10. The number of nitrogens with one attached hydrogen (secondary N) is 1. The summed E-state index contributed by atoms with van der Waals surface area (Å²) in [6, 6.07) is 15.4. The number of ether oxygens (including phenoxy) is 1. The molecule has 2 aromatic carbocycles.